The molecule has 0 bridgehead atoms. The molecule has 1 aromatic rings. The number of carbonyl (C=O) groups excluding carboxylic acids is 1. The van der Waals surface area contributed by atoms with Crippen molar-refractivity contribution in [2.24, 2.45) is 0 Å². The molecule has 18 heavy (non-hydrogen) atoms. The quantitative estimate of drug-likeness (QED) is 0.806. The normalized spacial score (nSPS) is 11.1. The van der Waals surface area contributed by atoms with E-state index in [0.717, 1.165) is 6.42 Å². The molecule has 100 valence electrons. The van der Waals surface area contributed by atoms with Crippen molar-refractivity contribution >= 4 is 5.91 Å². The lowest BCUT2D eigenvalue weighted by Gasteiger charge is -2.23. The number of nitrogens with one attached hydrogen (secondary N) is 1. The zero-order chi connectivity index (χ0) is 13.6. The zero-order valence-electron chi connectivity index (χ0n) is 11.2. The average molecular weight is 251 g/mol. The van der Waals surface area contributed by atoms with Crippen LogP contribution in [-0.2, 0) is 11.2 Å². The van der Waals surface area contributed by atoms with Crippen LogP contribution < -0.4 is 10.1 Å². The van der Waals surface area contributed by atoms with Crippen LogP contribution in [0.2, 0.25) is 0 Å². The molecule has 4 heteroatoms. The maximum Gasteiger partial charge on any atom is 0.258 e. The van der Waals surface area contributed by atoms with Crippen molar-refractivity contribution in [2.45, 2.75) is 32.7 Å². The minimum absolute atomic E-state index is 0.0467. The predicted molar refractivity (Wildman–Crippen MR) is 70.6 cm³/mol. The zero-order valence-corrected chi connectivity index (χ0v) is 11.2. The van der Waals surface area contributed by atoms with Crippen LogP contribution in [0.4, 0.5) is 0 Å². The summed E-state index contributed by atoms with van der Waals surface area (Å²) in [6.45, 7) is 5.43. The monoisotopic (exact) mass is 251 g/mol. The van der Waals surface area contributed by atoms with E-state index in [1.54, 1.807) is 13.8 Å². The van der Waals surface area contributed by atoms with E-state index in [4.69, 9.17) is 9.84 Å². The molecule has 0 saturated carbocycles. The smallest absolute Gasteiger partial charge is 0.258 e. The topological polar surface area (TPSA) is 58.6 Å². The third-order valence-corrected chi connectivity index (χ3v) is 2.57. The van der Waals surface area contributed by atoms with E-state index in [1.165, 1.54) is 5.56 Å². The van der Waals surface area contributed by atoms with Gasteiger partial charge in [-0.3, -0.25) is 4.79 Å². The predicted octanol–water partition coefficient (Wildman–Crippen LogP) is 1.51. The summed E-state index contributed by atoms with van der Waals surface area (Å²) in [6, 6.07) is 7.66. The second-order valence-electron chi connectivity index (χ2n) is 4.88. The van der Waals surface area contributed by atoms with E-state index in [9.17, 15) is 4.79 Å². The van der Waals surface area contributed by atoms with Crippen molar-refractivity contribution in [3.8, 4) is 5.75 Å². The summed E-state index contributed by atoms with van der Waals surface area (Å²) in [5, 5.41) is 11.7. The summed E-state index contributed by atoms with van der Waals surface area (Å²) in [5.74, 6) is 0.428. The molecule has 0 aromatic heterocycles. The Kier molecular flexibility index (Phi) is 5.16. The van der Waals surface area contributed by atoms with E-state index in [-0.39, 0.29) is 19.1 Å². The molecule has 4 nitrogen and oxygen atoms in total. The fourth-order valence-electron chi connectivity index (χ4n) is 1.42. The van der Waals surface area contributed by atoms with Crippen LogP contribution in [0.1, 0.15) is 26.3 Å². The molecule has 2 N–H and O–H groups in total. The van der Waals surface area contributed by atoms with E-state index >= 15 is 0 Å². The maximum atomic E-state index is 11.6. The fraction of sp³-hybridized carbons (Fsp3) is 0.500. The molecule has 1 aromatic carbocycles. The van der Waals surface area contributed by atoms with Gasteiger partial charge in [0, 0.05) is 0 Å². The van der Waals surface area contributed by atoms with Gasteiger partial charge in [0.1, 0.15) is 5.75 Å². The van der Waals surface area contributed by atoms with Gasteiger partial charge in [0.15, 0.2) is 6.61 Å². The van der Waals surface area contributed by atoms with Crippen LogP contribution in [0, 0.1) is 0 Å². The first-order chi connectivity index (χ1) is 8.46. The van der Waals surface area contributed by atoms with Gasteiger partial charge < -0.3 is 15.2 Å². The van der Waals surface area contributed by atoms with Crippen LogP contribution in [0.25, 0.3) is 0 Å². The molecule has 0 aliphatic heterocycles. The number of rotatable bonds is 6. The van der Waals surface area contributed by atoms with Crippen molar-refractivity contribution in [3.05, 3.63) is 29.8 Å². The van der Waals surface area contributed by atoms with Crippen LogP contribution in [0.3, 0.4) is 0 Å². The van der Waals surface area contributed by atoms with Gasteiger partial charge in [-0.05, 0) is 38.0 Å². The first-order valence-corrected chi connectivity index (χ1v) is 6.10. The first-order valence-electron chi connectivity index (χ1n) is 6.10. The Balaban J connectivity index is 2.42. The summed E-state index contributed by atoms with van der Waals surface area (Å²) < 4.78 is 5.36. The molecule has 0 radical (unpaired) electrons. The lowest BCUT2D eigenvalue weighted by molar-refractivity contribution is -0.125. The van der Waals surface area contributed by atoms with Crippen molar-refractivity contribution < 1.29 is 14.6 Å². The second-order valence-corrected chi connectivity index (χ2v) is 4.88. The van der Waals surface area contributed by atoms with Crippen LogP contribution >= 0.6 is 0 Å². The average Bonchev–Trinajstić information content (AvgIpc) is 2.36. The van der Waals surface area contributed by atoms with Crippen LogP contribution in [-0.4, -0.2) is 29.8 Å². The molecular weight excluding hydrogens is 230 g/mol. The van der Waals surface area contributed by atoms with Gasteiger partial charge in [-0.15, -0.1) is 0 Å². The standard InChI is InChI=1S/C14H21NO3/c1-4-11-5-7-12(8-6-11)18-9-13(17)15-14(2,3)10-16/h5-8,16H,4,9-10H2,1-3H3,(H,15,17). The molecule has 0 fully saturated rings. The Morgan fingerprint density at radius 2 is 1.94 bits per heavy atom. The molecule has 0 saturated heterocycles. The van der Waals surface area contributed by atoms with Crippen molar-refractivity contribution in [2.75, 3.05) is 13.2 Å². The fourth-order valence-corrected chi connectivity index (χ4v) is 1.42. The number of hydrogen-bond donors (Lipinski definition) is 2. The molecule has 0 aliphatic carbocycles. The number of carbonyl (C=O) groups is 1. The summed E-state index contributed by atoms with van der Waals surface area (Å²) in [5.41, 5.74) is 0.611. The summed E-state index contributed by atoms with van der Waals surface area (Å²) >= 11 is 0. The van der Waals surface area contributed by atoms with Crippen LogP contribution in [0.5, 0.6) is 5.75 Å². The number of ether oxygens (including phenoxy) is 1. The largest absolute Gasteiger partial charge is 0.484 e. The van der Waals surface area contributed by atoms with Gasteiger partial charge in [-0.2, -0.15) is 0 Å². The summed E-state index contributed by atoms with van der Waals surface area (Å²) in [6.07, 6.45) is 0.978. The molecule has 1 amide bonds. The van der Waals surface area contributed by atoms with E-state index < -0.39 is 5.54 Å². The number of aliphatic hydroxyl groups is 1. The third-order valence-electron chi connectivity index (χ3n) is 2.57. The number of aliphatic hydroxyl groups excluding tert-OH is 1. The minimum atomic E-state index is -0.619. The first kappa shape index (κ1) is 14.5. The number of aryl methyl sites for hydroxylation is 1. The summed E-state index contributed by atoms with van der Waals surface area (Å²) in [7, 11) is 0. The van der Waals surface area contributed by atoms with Gasteiger partial charge in [0.25, 0.3) is 5.91 Å². The second kappa shape index (κ2) is 6.40. The van der Waals surface area contributed by atoms with Crippen LogP contribution in [0.15, 0.2) is 24.3 Å². The van der Waals surface area contributed by atoms with Gasteiger partial charge in [0.2, 0.25) is 0 Å². The molecule has 0 atom stereocenters. The molecule has 0 spiro atoms. The van der Waals surface area contributed by atoms with Gasteiger partial charge in [-0.1, -0.05) is 19.1 Å². The highest BCUT2D eigenvalue weighted by molar-refractivity contribution is 5.78. The highest BCUT2D eigenvalue weighted by Gasteiger charge is 2.19. The lowest BCUT2D eigenvalue weighted by atomic mass is 10.1. The Bertz CT molecular complexity index is 385. The Morgan fingerprint density at radius 1 is 1.33 bits per heavy atom. The highest BCUT2D eigenvalue weighted by atomic mass is 16.5. The van der Waals surface area contributed by atoms with E-state index in [2.05, 4.69) is 12.2 Å². The van der Waals surface area contributed by atoms with Gasteiger partial charge in [-0.25, -0.2) is 0 Å². The van der Waals surface area contributed by atoms with E-state index in [0.29, 0.717) is 5.75 Å². The molecule has 0 heterocycles. The van der Waals surface area contributed by atoms with Crippen molar-refractivity contribution in [1.82, 2.24) is 5.32 Å². The molecule has 0 aliphatic rings. The molecule has 0 unspecified atom stereocenters. The Labute approximate surface area is 108 Å². The third kappa shape index (κ3) is 4.75. The molecule has 1 rings (SSSR count). The van der Waals surface area contributed by atoms with E-state index in [1.807, 2.05) is 24.3 Å². The van der Waals surface area contributed by atoms with Crippen molar-refractivity contribution in [3.63, 3.8) is 0 Å². The van der Waals surface area contributed by atoms with Crippen molar-refractivity contribution in [1.29, 1.82) is 0 Å². The highest BCUT2D eigenvalue weighted by Crippen LogP contribution is 2.12. The summed E-state index contributed by atoms with van der Waals surface area (Å²) in [4.78, 5) is 11.6. The van der Waals surface area contributed by atoms with Gasteiger partial charge >= 0.3 is 0 Å². The SMILES string of the molecule is CCc1ccc(OCC(=O)NC(C)(C)CO)cc1. The Morgan fingerprint density at radius 3 is 2.44 bits per heavy atom. The maximum absolute atomic E-state index is 11.6. The van der Waals surface area contributed by atoms with Gasteiger partial charge in [0.05, 0.1) is 12.1 Å². The minimum Gasteiger partial charge on any atom is -0.484 e. The number of amides is 1. The Hall–Kier alpha value is -1.55. The lowest BCUT2D eigenvalue weighted by Crippen LogP contribution is -2.48. The molecular formula is C14H21NO3. The number of hydrogen-bond acceptors (Lipinski definition) is 3. The number of benzene rings is 1.